The van der Waals surface area contributed by atoms with Gasteiger partial charge in [0.15, 0.2) is 5.96 Å². The first kappa shape index (κ1) is 84.0. The van der Waals surface area contributed by atoms with Crippen molar-refractivity contribution >= 4 is 113 Å². The quantitative estimate of drug-likeness (QED) is 0.0116. The van der Waals surface area contributed by atoms with Crippen LogP contribution in [0.5, 0.6) is 0 Å². The van der Waals surface area contributed by atoms with E-state index in [4.69, 9.17) is 33.8 Å². The Balaban J connectivity index is 5.70. The van der Waals surface area contributed by atoms with Crippen LogP contribution in [0.15, 0.2) is 4.99 Å². The molecule has 0 radical (unpaired) electrons. The lowest BCUT2D eigenvalue weighted by Gasteiger charge is -2.22. The molecule has 0 saturated carbocycles. The summed E-state index contributed by atoms with van der Waals surface area (Å²) < 4.78 is 0. The van der Waals surface area contributed by atoms with Crippen molar-refractivity contribution in [3.05, 3.63) is 0 Å². The second kappa shape index (κ2) is 48.8. The molecule has 0 aromatic rings. The van der Waals surface area contributed by atoms with Crippen LogP contribution in [0.3, 0.4) is 0 Å². The van der Waals surface area contributed by atoms with E-state index in [1.165, 1.54) is 13.8 Å². The molecule has 0 rings (SSSR count). The molecule has 0 bridgehead atoms. The number of nitrogens with zero attached hydrogens (tertiary/aromatic N) is 1. The van der Waals surface area contributed by atoms with Gasteiger partial charge < -0.3 is 114 Å². The summed E-state index contributed by atoms with van der Waals surface area (Å²) in [7, 11) is 0. The van der Waals surface area contributed by atoms with E-state index in [1.54, 1.807) is 13.8 Å². The molecule has 38 nitrogen and oxygen atoms in total. The lowest BCUT2D eigenvalue weighted by molar-refractivity contribution is -0.141. The minimum Gasteiger partial charge on any atom is -0.480 e. The first-order valence-corrected chi connectivity index (χ1v) is 30.8. The molecule has 7 atom stereocenters. The Morgan fingerprint density at radius 1 is 0.409 bits per heavy atom. The Hall–Kier alpha value is -8.98. The number of thiol groups is 1. The van der Waals surface area contributed by atoms with E-state index in [0.29, 0.717) is 32.1 Å². The molecule has 0 fully saturated rings. The maximum absolute atomic E-state index is 13.4. The number of aliphatic imine (C=N–C) groups is 1. The number of aliphatic carboxylic acids is 1. The number of rotatable bonds is 49. The number of carbonyl (C=O) groups is 16. The first-order chi connectivity index (χ1) is 43.9. The predicted octanol–water partition coefficient (Wildman–Crippen LogP) is -10.1. The fourth-order valence-corrected chi connectivity index (χ4v) is 8.07. The smallest absolute Gasteiger partial charge is 0.325 e. The van der Waals surface area contributed by atoms with Crippen LogP contribution in [-0.4, -0.2) is 232 Å². The van der Waals surface area contributed by atoms with Crippen molar-refractivity contribution in [3.8, 4) is 0 Å². The van der Waals surface area contributed by atoms with Crippen LogP contribution in [0.25, 0.3) is 0 Å². The Labute approximate surface area is 543 Å². The number of amides is 15. The first-order valence-electron chi connectivity index (χ1n) is 30.2. The highest BCUT2D eigenvalue weighted by Gasteiger charge is 2.29. The Morgan fingerprint density at radius 2 is 0.720 bits per heavy atom. The van der Waals surface area contributed by atoms with Gasteiger partial charge in [-0.05, 0) is 103 Å². The molecule has 15 amide bonds. The summed E-state index contributed by atoms with van der Waals surface area (Å²) in [4.78, 5) is 207. The monoisotopic (exact) mass is 1340 g/mol. The molecule has 0 aliphatic rings. The number of hydrogen-bond donors (Lipinski definition) is 22. The molecule has 26 N–H and O–H groups in total. The van der Waals surface area contributed by atoms with Crippen molar-refractivity contribution in [2.75, 3.05) is 84.3 Å². The molecule has 0 aliphatic carbocycles. The third-order valence-electron chi connectivity index (χ3n) is 12.8. The highest BCUT2D eigenvalue weighted by Crippen LogP contribution is 2.07. The van der Waals surface area contributed by atoms with Gasteiger partial charge in [-0.25, -0.2) is 0 Å². The zero-order valence-corrected chi connectivity index (χ0v) is 54.0. The van der Waals surface area contributed by atoms with E-state index in [0.717, 1.165) is 0 Å². The van der Waals surface area contributed by atoms with E-state index in [1.807, 2.05) is 0 Å². The topological polar surface area (TPSA) is 616 Å². The second-order valence-corrected chi connectivity index (χ2v) is 21.9. The SMILES string of the molecule is CC(=O)NCCCC[C@H](NC(=O)CNC(=O)[C@H](CCCN=C(N)N)NC(=O)CNC(=O)[C@@H](N)CS)C(=O)NCC(=O)NCC(=O)N[C@@H](CCCCN)C(=O)NCC(=O)N[C@@H](CC(C)C)C(=O)NCC(=O)N[C@@H](CCCCN)C(=O)NCC(=O)NCC(=O)N[C@@H](C)C(=O)O. The molecule has 0 saturated heterocycles. The number of carboxylic acid groups (broad SMARTS) is 1. The highest BCUT2D eigenvalue weighted by molar-refractivity contribution is 7.80. The van der Waals surface area contributed by atoms with Gasteiger partial charge in [0.2, 0.25) is 88.6 Å². The lowest BCUT2D eigenvalue weighted by atomic mass is 10.0. The van der Waals surface area contributed by atoms with Gasteiger partial charge in [-0.15, -0.1) is 0 Å². The Kier molecular flexibility index (Phi) is 44.1. The average molecular weight is 1340 g/mol. The molecular weight excluding hydrogens is 1250 g/mol. The van der Waals surface area contributed by atoms with Gasteiger partial charge in [-0.1, -0.05) is 13.8 Å². The van der Waals surface area contributed by atoms with Crippen LogP contribution < -0.4 is 108 Å². The predicted molar refractivity (Wildman–Crippen MR) is 339 cm³/mol. The van der Waals surface area contributed by atoms with Crippen molar-refractivity contribution in [2.24, 2.45) is 39.6 Å². The summed E-state index contributed by atoms with van der Waals surface area (Å²) in [6, 6.07) is -8.40. The second-order valence-electron chi connectivity index (χ2n) is 21.5. The van der Waals surface area contributed by atoms with E-state index in [2.05, 4.69) is 97.4 Å². The third-order valence-corrected chi connectivity index (χ3v) is 13.2. The summed E-state index contributed by atoms with van der Waals surface area (Å²) in [5, 5.41) is 44.8. The van der Waals surface area contributed by atoms with E-state index >= 15 is 0 Å². The average Bonchev–Trinajstić information content (AvgIpc) is 2.45. The molecule has 0 aromatic heterocycles. The van der Waals surface area contributed by atoms with Crippen LogP contribution in [0.1, 0.15) is 105 Å². The normalized spacial score (nSPS) is 12.9. The zero-order chi connectivity index (χ0) is 70.4. The Bertz CT molecular complexity index is 2540. The van der Waals surface area contributed by atoms with Crippen molar-refractivity contribution in [1.82, 2.24) is 79.8 Å². The summed E-state index contributed by atoms with van der Waals surface area (Å²) >= 11 is 3.94. The van der Waals surface area contributed by atoms with Crippen LogP contribution >= 0.6 is 12.6 Å². The number of nitrogens with one attached hydrogen (secondary N) is 15. The van der Waals surface area contributed by atoms with Gasteiger partial charge in [0.05, 0.1) is 58.4 Å². The lowest BCUT2D eigenvalue weighted by Crippen LogP contribution is -2.55. The minimum atomic E-state index is -1.29. The van der Waals surface area contributed by atoms with Gasteiger partial charge in [0.1, 0.15) is 36.3 Å². The molecule has 39 heteroatoms. The van der Waals surface area contributed by atoms with Gasteiger partial charge in [-0.2, -0.15) is 12.6 Å². The van der Waals surface area contributed by atoms with E-state index < -0.39 is 183 Å². The standard InChI is InChI=1S/C54H97N21O17S/c1-30(2)20-38(52(90)69-27-45(83)72-34(12-5-8-16-55)48(86)65-21-39(77)62-23-41(79)70-31(3)53(91)92)75-46(84)28-68-50(88)35(13-6-9-17-56)71-42(80)24-63-40(78)22-66-49(87)36(14-7-10-18-60-32(4)76)73-44(82)26-67-51(89)37(15-11-19-61-54(58)59)74-43(81)25-64-47(85)33(57)29-93/h30-31,33-38,93H,5-29,55-57H2,1-4H3,(H,60,76)(H,62,77)(H,63,78)(H,64,85)(H,65,86)(H,66,87)(H,67,89)(H,68,88)(H,69,90)(H,70,79)(H,71,80)(H,72,83)(H,73,82)(H,74,81)(H,75,84)(H,91,92)(H4,58,59,61)/t31-,33-,34-,35-,36-,37-,38-/m0/s1. The number of carboxylic acids is 1. The third kappa shape index (κ3) is 41.9. The van der Waals surface area contributed by atoms with Crippen molar-refractivity contribution in [2.45, 2.75) is 147 Å². The Morgan fingerprint density at radius 3 is 1.05 bits per heavy atom. The van der Waals surface area contributed by atoms with Crippen molar-refractivity contribution < 1.29 is 81.8 Å². The molecular formula is C54H97N21O17S. The summed E-state index contributed by atoms with van der Waals surface area (Å²) in [6.07, 6.45) is 2.67. The maximum atomic E-state index is 13.4. The summed E-state index contributed by atoms with van der Waals surface area (Å²) in [6.45, 7) is 1.73. The number of hydrogen-bond acceptors (Lipinski definition) is 21. The zero-order valence-electron chi connectivity index (χ0n) is 53.1. The fourth-order valence-electron chi connectivity index (χ4n) is 7.90. The molecule has 0 spiro atoms. The molecule has 0 heterocycles. The van der Waals surface area contributed by atoms with E-state index in [9.17, 15) is 76.7 Å². The van der Waals surface area contributed by atoms with Crippen LogP contribution in [0, 0.1) is 5.92 Å². The van der Waals surface area contributed by atoms with Crippen LogP contribution in [-0.2, 0) is 76.7 Å². The van der Waals surface area contributed by atoms with Crippen LogP contribution in [0.2, 0.25) is 0 Å². The summed E-state index contributed by atoms with van der Waals surface area (Å²) in [5.74, 6) is -13.3. The van der Waals surface area contributed by atoms with Crippen molar-refractivity contribution in [3.63, 3.8) is 0 Å². The maximum Gasteiger partial charge on any atom is 0.325 e. The fraction of sp³-hybridized carbons (Fsp3) is 0.685. The van der Waals surface area contributed by atoms with E-state index in [-0.39, 0.29) is 94.7 Å². The molecule has 526 valence electrons. The van der Waals surface area contributed by atoms with Crippen molar-refractivity contribution in [1.29, 1.82) is 0 Å². The van der Waals surface area contributed by atoms with Gasteiger partial charge in [-0.3, -0.25) is 81.7 Å². The largest absolute Gasteiger partial charge is 0.480 e. The summed E-state index contributed by atoms with van der Waals surface area (Å²) in [5.41, 5.74) is 27.6. The molecule has 93 heavy (non-hydrogen) atoms. The van der Waals surface area contributed by atoms with Gasteiger partial charge in [0.25, 0.3) is 0 Å². The van der Waals surface area contributed by atoms with Gasteiger partial charge in [0, 0.05) is 25.8 Å². The molecule has 0 unspecified atom stereocenters. The number of guanidine groups is 1. The number of carbonyl (C=O) groups excluding carboxylic acids is 15. The molecule has 0 aromatic carbocycles. The molecule has 0 aliphatic heterocycles. The van der Waals surface area contributed by atoms with Crippen LogP contribution in [0.4, 0.5) is 0 Å². The number of unbranched alkanes of at least 4 members (excludes halogenated alkanes) is 3. The number of nitrogens with two attached hydrogens (primary N) is 5. The minimum absolute atomic E-state index is 0.00143. The van der Waals surface area contributed by atoms with Gasteiger partial charge >= 0.3 is 5.97 Å². The highest BCUT2D eigenvalue weighted by atomic mass is 32.1.